The summed E-state index contributed by atoms with van der Waals surface area (Å²) in [5.41, 5.74) is 4.92. The van der Waals surface area contributed by atoms with Gasteiger partial charge in [0, 0.05) is 4.55 Å². The third kappa shape index (κ3) is 3.20. The highest BCUT2D eigenvalue weighted by molar-refractivity contribution is 14.1. The van der Waals surface area contributed by atoms with Crippen molar-refractivity contribution in [2.24, 2.45) is 5.73 Å². The molecule has 1 amide bonds. The molecule has 0 saturated carbocycles. The van der Waals surface area contributed by atoms with Crippen LogP contribution in [0.2, 0.25) is 0 Å². The molecule has 0 spiro atoms. The topological polar surface area (TPSA) is 55.1 Å². The fraction of sp³-hybridized carbons (Fsp3) is 0.750. The Kier molecular flexibility index (Phi) is 4.16. The molecule has 0 aromatic carbocycles. The van der Waals surface area contributed by atoms with Gasteiger partial charge in [0.2, 0.25) is 5.91 Å². The molecule has 1 atom stereocenters. The van der Waals surface area contributed by atoms with Crippen LogP contribution in [0.25, 0.3) is 0 Å². The van der Waals surface area contributed by atoms with E-state index >= 15 is 0 Å². The van der Waals surface area contributed by atoms with Crippen LogP contribution in [0.1, 0.15) is 6.92 Å². The molecule has 0 radical (unpaired) electrons. The second-order valence-electron chi connectivity index (χ2n) is 1.46. The van der Waals surface area contributed by atoms with Crippen molar-refractivity contribution in [1.82, 2.24) is 5.32 Å². The number of hydrogen-bond acceptors (Lipinski definition) is 2. The first-order chi connectivity index (χ1) is 3.68. The second kappa shape index (κ2) is 4.08. The molecule has 0 heterocycles. The van der Waals surface area contributed by atoms with E-state index in [4.69, 9.17) is 5.73 Å². The van der Waals surface area contributed by atoms with E-state index in [1.807, 2.05) is 0 Å². The number of hydrogen-bond donors (Lipinski definition) is 2. The van der Waals surface area contributed by atoms with Gasteiger partial charge >= 0.3 is 0 Å². The number of carbonyl (C=O) groups excluding carboxylic acids is 1. The van der Waals surface area contributed by atoms with Gasteiger partial charge in [-0.15, -0.1) is 0 Å². The van der Waals surface area contributed by atoms with Crippen molar-refractivity contribution in [2.45, 2.75) is 13.0 Å². The van der Waals surface area contributed by atoms with E-state index in [1.54, 1.807) is 6.92 Å². The molecule has 0 rings (SSSR count). The standard InChI is InChI=1S/C4H9IN2O/c1-3(4(6)8)7-2-5/h3,7H,2H2,1H3,(H2,6,8). The van der Waals surface area contributed by atoms with E-state index in [0.29, 0.717) is 0 Å². The van der Waals surface area contributed by atoms with Crippen LogP contribution in [0, 0.1) is 0 Å². The van der Waals surface area contributed by atoms with Crippen LogP contribution < -0.4 is 11.1 Å². The SMILES string of the molecule is CC(NCI)C(N)=O. The number of rotatable bonds is 3. The van der Waals surface area contributed by atoms with Gasteiger partial charge < -0.3 is 5.73 Å². The third-order valence-electron chi connectivity index (χ3n) is 0.810. The van der Waals surface area contributed by atoms with Crippen molar-refractivity contribution in [3.63, 3.8) is 0 Å². The predicted octanol–water partition coefficient (Wildman–Crippen LogP) is -0.158. The number of primary amides is 1. The first kappa shape index (κ1) is 8.16. The van der Waals surface area contributed by atoms with Gasteiger partial charge in [0.25, 0.3) is 0 Å². The summed E-state index contributed by atoms with van der Waals surface area (Å²) in [6.45, 7) is 1.74. The van der Waals surface area contributed by atoms with Gasteiger partial charge in [0.05, 0.1) is 6.04 Å². The maximum Gasteiger partial charge on any atom is 0.234 e. The molecule has 8 heavy (non-hydrogen) atoms. The Morgan fingerprint density at radius 3 is 2.62 bits per heavy atom. The van der Waals surface area contributed by atoms with Crippen LogP contribution in [0.5, 0.6) is 0 Å². The summed E-state index contributed by atoms with van der Waals surface area (Å²) in [6, 6.07) is -0.202. The molecular formula is C4H9IN2O. The van der Waals surface area contributed by atoms with Gasteiger partial charge in [-0.3, -0.25) is 10.1 Å². The van der Waals surface area contributed by atoms with Crippen LogP contribution in [0.4, 0.5) is 0 Å². The van der Waals surface area contributed by atoms with Crippen molar-refractivity contribution in [3.8, 4) is 0 Å². The minimum absolute atomic E-state index is 0.202. The lowest BCUT2D eigenvalue weighted by Gasteiger charge is -2.04. The van der Waals surface area contributed by atoms with Gasteiger partial charge in [0.1, 0.15) is 0 Å². The highest BCUT2D eigenvalue weighted by atomic mass is 127. The molecule has 4 heteroatoms. The Hall–Kier alpha value is 0.160. The van der Waals surface area contributed by atoms with Crippen LogP contribution in [-0.4, -0.2) is 16.5 Å². The molecule has 0 aliphatic carbocycles. The van der Waals surface area contributed by atoms with E-state index in [1.165, 1.54) is 0 Å². The minimum Gasteiger partial charge on any atom is -0.368 e. The first-order valence-corrected chi connectivity index (χ1v) is 3.79. The summed E-state index contributed by atoms with van der Waals surface area (Å²) in [5, 5.41) is 2.86. The van der Waals surface area contributed by atoms with E-state index in [2.05, 4.69) is 27.9 Å². The Labute approximate surface area is 62.1 Å². The Morgan fingerprint density at radius 2 is 2.50 bits per heavy atom. The molecule has 1 unspecified atom stereocenters. The van der Waals surface area contributed by atoms with E-state index < -0.39 is 0 Å². The third-order valence-corrected chi connectivity index (χ3v) is 1.25. The van der Waals surface area contributed by atoms with Crippen LogP contribution in [0.3, 0.4) is 0 Å². The zero-order valence-electron chi connectivity index (χ0n) is 4.65. The number of halogens is 1. The summed E-state index contributed by atoms with van der Waals surface area (Å²) in [6.07, 6.45) is 0. The van der Waals surface area contributed by atoms with E-state index in [-0.39, 0.29) is 11.9 Å². The van der Waals surface area contributed by atoms with Crippen molar-refractivity contribution in [3.05, 3.63) is 0 Å². The lowest BCUT2D eigenvalue weighted by Crippen LogP contribution is -2.37. The van der Waals surface area contributed by atoms with Crippen molar-refractivity contribution in [2.75, 3.05) is 4.55 Å². The molecule has 0 aromatic rings. The summed E-state index contributed by atoms with van der Waals surface area (Å²) < 4.78 is 0.752. The lowest BCUT2D eigenvalue weighted by molar-refractivity contribution is -0.119. The maximum atomic E-state index is 10.2. The molecular weight excluding hydrogens is 219 g/mol. The maximum absolute atomic E-state index is 10.2. The predicted molar refractivity (Wildman–Crippen MR) is 40.7 cm³/mol. The van der Waals surface area contributed by atoms with Gasteiger partial charge in [-0.25, -0.2) is 0 Å². The second-order valence-corrected chi connectivity index (χ2v) is 2.22. The molecule has 0 aromatic heterocycles. The van der Waals surface area contributed by atoms with E-state index in [0.717, 1.165) is 4.55 Å². The smallest absolute Gasteiger partial charge is 0.234 e. The van der Waals surface area contributed by atoms with Crippen molar-refractivity contribution < 1.29 is 4.79 Å². The number of nitrogens with two attached hydrogens (primary N) is 1. The largest absolute Gasteiger partial charge is 0.368 e. The molecule has 3 N–H and O–H groups in total. The highest BCUT2D eigenvalue weighted by Gasteiger charge is 2.03. The van der Waals surface area contributed by atoms with Gasteiger partial charge in [-0.05, 0) is 6.92 Å². The zero-order valence-corrected chi connectivity index (χ0v) is 6.81. The Morgan fingerprint density at radius 1 is 2.00 bits per heavy atom. The quantitative estimate of drug-likeness (QED) is 0.400. The molecule has 0 aliphatic rings. The van der Waals surface area contributed by atoms with Gasteiger partial charge in [-0.2, -0.15) is 0 Å². The fourth-order valence-corrected chi connectivity index (χ4v) is 0.877. The summed E-state index contributed by atoms with van der Waals surface area (Å²) in [7, 11) is 0. The lowest BCUT2D eigenvalue weighted by atomic mass is 10.3. The minimum atomic E-state index is -0.304. The van der Waals surface area contributed by atoms with Gasteiger partial charge in [-0.1, -0.05) is 22.6 Å². The fourth-order valence-electron chi connectivity index (χ4n) is 0.216. The molecule has 0 fully saturated rings. The molecule has 3 nitrogen and oxygen atoms in total. The van der Waals surface area contributed by atoms with E-state index in [9.17, 15) is 4.79 Å². The van der Waals surface area contributed by atoms with Crippen molar-refractivity contribution in [1.29, 1.82) is 0 Å². The zero-order chi connectivity index (χ0) is 6.57. The van der Waals surface area contributed by atoms with Crippen LogP contribution in [-0.2, 0) is 4.79 Å². The monoisotopic (exact) mass is 228 g/mol. The van der Waals surface area contributed by atoms with Crippen molar-refractivity contribution >= 4 is 28.5 Å². The Bertz CT molecular complexity index is 86.1. The highest BCUT2D eigenvalue weighted by Crippen LogP contribution is 1.80. The number of alkyl halides is 1. The normalized spacial score (nSPS) is 13.2. The number of amides is 1. The van der Waals surface area contributed by atoms with Gasteiger partial charge in [0.15, 0.2) is 0 Å². The average Bonchev–Trinajstić information content (AvgIpc) is 1.67. The molecule has 0 aliphatic heterocycles. The van der Waals surface area contributed by atoms with Crippen LogP contribution >= 0.6 is 22.6 Å². The first-order valence-electron chi connectivity index (χ1n) is 2.27. The average molecular weight is 228 g/mol. The number of nitrogens with one attached hydrogen (secondary N) is 1. The summed E-state index contributed by atoms with van der Waals surface area (Å²) in [5.74, 6) is -0.304. The molecule has 0 bridgehead atoms. The Balaban J connectivity index is 3.32. The molecule has 0 saturated heterocycles. The van der Waals surface area contributed by atoms with Crippen LogP contribution in [0.15, 0.2) is 0 Å². The number of carbonyl (C=O) groups is 1. The summed E-state index contributed by atoms with van der Waals surface area (Å²) >= 11 is 2.12. The summed E-state index contributed by atoms with van der Waals surface area (Å²) in [4.78, 5) is 10.2. The molecule has 48 valence electrons.